The summed E-state index contributed by atoms with van der Waals surface area (Å²) in [6.45, 7) is 11.1. The van der Waals surface area contributed by atoms with Crippen molar-refractivity contribution < 1.29 is 18.7 Å². The van der Waals surface area contributed by atoms with Crippen LogP contribution in [0.2, 0.25) is 0 Å². The minimum atomic E-state index is -0.731. The number of hydrogen-bond donors (Lipinski definition) is 2. The number of carbonyl (C=O) groups is 1. The molecule has 7 heteroatoms. The highest BCUT2D eigenvalue weighted by Crippen LogP contribution is 2.52. The standard InChI is InChI=1S/C27H32FN3O3/c1-25(2,3)23-13-16-12-19(18(28)15-20(16)31(23)11-10-29)30-24(32)27(8-9-27)17-6-7-21-22(14-17)34-26(4,5)33-21/h6-7,12-15H,8-11,29H2,1-5H3,(H,30,32). The van der Waals surface area contributed by atoms with Gasteiger partial charge in [0.05, 0.1) is 16.6 Å². The van der Waals surface area contributed by atoms with Crippen LogP contribution in [-0.4, -0.2) is 22.8 Å². The molecule has 1 aliphatic heterocycles. The van der Waals surface area contributed by atoms with Crippen LogP contribution in [-0.2, 0) is 22.2 Å². The van der Waals surface area contributed by atoms with E-state index in [1.54, 1.807) is 6.07 Å². The smallest absolute Gasteiger partial charge is 0.246 e. The fraction of sp³-hybridized carbons (Fsp3) is 0.444. The van der Waals surface area contributed by atoms with Gasteiger partial charge in [-0.2, -0.15) is 0 Å². The molecule has 1 amide bonds. The number of anilines is 1. The van der Waals surface area contributed by atoms with Crippen LogP contribution in [0.15, 0.2) is 36.4 Å². The van der Waals surface area contributed by atoms with Crippen molar-refractivity contribution in [3.8, 4) is 11.5 Å². The van der Waals surface area contributed by atoms with Gasteiger partial charge in [0.2, 0.25) is 11.7 Å². The Morgan fingerprint density at radius 1 is 1.12 bits per heavy atom. The average molecular weight is 466 g/mol. The van der Waals surface area contributed by atoms with Crippen LogP contribution in [0, 0.1) is 5.82 Å². The molecule has 0 atom stereocenters. The lowest BCUT2D eigenvalue weighted by atomic mass is 9.92. The van der Waals surface area contributed by atoms with Gasteiger partial charge in [0.1, 0.15) is 5.82 Å². The molecule has 3 N–H and O–H groups in total. The van der Waals surface area contributed by atoms with Crippen molar-refractivity contribution in [1.29, 1.82) is 0 Å². The summed E-state index contributed by atoms with van der Waals surface area (Å²) >= 11 is 0. The number of ether oxygens (including phenoxy) is 2. The van der Waals surface area contributed by atoms with Crippen molar-refractivity contribution in [1.82, 2.24) is 4.57 Å². The second-order valence-corrected chi connectivity index (χ2v) is 10.9. The number of aromatic nitrogens is 1. The molecule has 1 aromatic heterocycles. The molecule has 1 aliphatic carbocycles. The molecule has 5 rings (SSSR count). The van der Waals surface area contributed by atoms with Gasteiger partial charge in [-0.25, -0.2) is 4.39 Å². The molecule has 1 fully saturated rings. The third kappa shape index (κ3) is 3.72. The summed E-state index contributed by atoms with van der Waals surface area (Å²) in [5.74, 6) is -0.101. The van der Waals surface area contributed by atoms with E-state index >= 15 is 4.39 Å². The third-order valence-electron chi connectivity index (χ3n) is 6.75. The molecule has 2 heterocycles. The van der Waals surface area contributed by atoms with E-state index in [2.05, 4.69) is 36.7 Å². The maximum atomic E-state index is 15.2. The Morgan fingerprint density at radius 2 is 1.82 bits per heavy atom. The molecule has 0 unspecified atom stereocenters. The Kier molecular flexibility index (Phi) is 4.99. The van der Waals surface area contributed by atoms with Crippen LogP contribution in [0.5, 0.6) is 11.5 Å². The minimum Gasteiger partial charge on any atom is -0.449 e. The minimum absolute atomic E-state index is 0.125. The zero-order valence-electron chi connectivity index (χ0n) is 20.4. The SMILES string of the molecule is CC1(C)Oc2ccc(C3(C(=O)Nc4cc5cc(C(C)(C)C)n(CCN)c5cc4F)CC3)cc2O1. The first kappa shape index (κ1) is 22.7. The number of nitrogens with one attached hydrogen (secondary N) is 1. The monoisotopic (exact) mass is 465 g/mol. The Morgan fingerprint density at radius 3 is 2.47 bits per heavy atom. The van der Waals surface area contributed by atoms with Crippen LogP contribution >= 0.6 is 0 Å². The third-order valence-corrected chi connectivity index (χ3v) is 6.75. The van der Waals surface area contributed by atoms with Crippen LogP contribution in [0.25, 0.3) is 10.9 Å². The highest BCUT2D eigenvalue weighted by Gasteiger charge is 2.52. The van der Waals surface area contributed by atoms with E-state index in [0.29, 0.717) is 37.4 Å². The van der Waals surface area contributed by atoms with Crippen molar-refractivity contribution >= 4 is 22.5 Å². The number of fused-ring (bicyclic) bond motifs is 2. The molecule has 0 spiro atoms. The van der Waals surface area contributed by atoms with E-state index in [1.165, 1.54) is 6.07 Å². The van der Waals surface area contributed by atoms with Crippen molar-refractivity contribution in [2.75, 3.05) is 11.9 Å². The summed E-state index contributed by atoms with van der Waals surface area (Å²) in [5, 5.41) is 3.75. The van der Waals surface area contributed by atoms with E-state index in [4.69, 9.17) is 15.2 Å². The zero-order chi connectivity index (χ0) is 24.5. The topological polar surface area (TPSA) is 78.5 Å². The summed E-state index contributed by atoms with van der Waals surface area (Å²) in [5.41, 5.74) is 7.93. The summed E-state index contributed by atoms with van der Waals surface area (Å²) < 4.78 is 28.9. The number of hydrogen-bond acceptors (Lipinski definition) is 4. The lowest BCUT2D eigenvalue weighted by molar-refractivity contribution is -0.118. The molecule has 0 saturated heterocycles. The molecule has 34 heavy (non-hydrogen) atoms. The number of rotatable bonds is 5. The molecular formula is C27H32FN3O3. The summed E-state index contributed by atoms with van der Waals surface area (Å²) in [6.07, 6.45) is 1.40. The molecule has 3 aromatic rings. The second kappa shape index (κ2) is 7.47. The van der Waals surface area contributed by atoms with Crippen molar-refractivity contribution in [3.05, 3.63) is 53.5 Å². The molecular weight excluding hydrogens is 433 g/mol. The first-order valence-corrected chi connectivity index (χ1v) is 11.8. The van der Waals surface area contributed by atoms with Gasteiger partial charge in [0, 0.05) is 49.5 Å². The fourth-order valence-electron chi connectivity index (χ4n) is 4.91. The first-order valence-electron chi connectivity index (χ1n) is 11.8. The molecule has 1 saturated carbocycles. The van der Waals surface area contributed by atoms with Gasteiger partial charge >= 0.3 is 0 Å². The van der Waals surface area contributed by atoms with Gasteiger partial charge in [-0.3, -0.25) is 4.79 Å². The Hall–Kier alpha value is -3.06. The maximum Gasteiger partial charge on any atom is 0.246 e. The van der Waals surface area contributed by atoms with E-state index in [-0.39, 0.29) is 17.0 Å². The van der Waals surface area contributed by atoms with Gasteiger partial charge in [-0.1, -0.05) is 26.8 Å². The van der Waals surface area contributed by atoms with Crippen molar-refractivity contribution in [3.63, 3.8) is 0 Å². The van der Waals surface area contributed by atoms with E-state index in [1.807, 2.05) is 32.0 Å². The maximum absolute atomic E-state index is 15.2. The number of nitrogens with zero attached hydrogens (tertiary/aromatic N) is 1. The van der Waals surface area contributed by atoms with Gasteiger partial charge < -0.3 is 25.1 Å². The summed E-state index contributed by atoms with van der Waals surface area (Å²) in [6, 6.07) is 10.9. The number of carbonyl (C=O) groups excluding carboxylic acids is 1. The fourth-order valence-corrected chi connectivity index (χ4v) is 4.91. The zero-order valence-corrected chi connectivity index (χ0v) is 20.4. The lowest BCUT2D eigenvalue weighted by Crippen LogP contribution is -2.29. The molecule has 2 aromatic carbocycles. The van der Waals surface area contributed by atoms with Gasteiger partial charge in [-0.15, -0.1) is 0 Å². The van der Waals surface area contributed by atoms with Gasteiger partial charge in [0.15, 0.2) is 11.5 Å². The van der Waals surface area contributed by atoms with Crippen molar-refractivity contribution in [2.24, 2.45) is 5.73 Å². The number of amides is 1. The molecule has 0 bridgehead atoms. The van der Waals surface area contributed by atoms with Crippen LogP contribution in [0.3, 0.4) is 0 Å². The summed E-state index contributed by atoms with van der Waals surface area (Å²) in [7, 11) is 0. The van der Waals surface area contributed by atoms with E-state index in [0.717, 1.165) is 22.2 Å². The van der Waals surface area contributed by atoms with Crippen LogP contribution in [0.4, 0.5) is 10.1 Å². The van der Waals surface area contributed by atoms with Crippen molar-refractivity contribution in [2.45, 2.75) is 70.6 Å². The van der Waals surface area contributed by atoms with Gasteiger partial charge in [-0.05, 0) is 42.7 Å². The highest BCUT2D eigenvalue weighted by atomic mass is 19.1. The average Bonchev–Trinajstić information content (AvgIpc) is 3.39. The Balaban J connectivity index is 1.46. The van der Waals surface area contributed by atoms with E-state index < -0.39 is 17.0 Å². The molecule has 6 nitrogen and oxygen atoms in total. The van der Waals surface area contributed by atoms with Gasteiger partial charge in [0.25, 0.3) is 0 Å². The largest absolute Gasteiger partial charge is 0.449 e. The number of halogens is 1. The first-order chi connectivity index (χ1) is 15.9. The Labute approximate surface area is 199 Å². The Bertz CT molecular complexity index is 1300. The summed E-state index contributed by atoms with van der Waals surface area (Å²) in [4.78, 5) is 13.4. The molecule has 2 aliphatic rings. The predicted molar refractivity (Wildman–Crippen MR) is 131 cm³/mol. The quantitative estimate of drug-likeness (QED) is 0.542. The normalized spacial score (nSPS) is 17.7. The van der Waals surface area contributed by atoms with Crippen LogP contribution in [0.1, 0.15) is 58.7 Å². The predicted octanol–water partition coefficient (Wildman–Crippen LogP) is 5.21. The molecule has 0 radical (unpaired) electrons. The highest BCUT2D eigenvalue weighted by molar-refractivity contribution is 6.02. The number of benzene rings is 2. The molecule has 180 valence electrons. The lowest BCUT2D eigenvalue weighted by Gasteiger charge is -2.21. The van der Waals surface area contributed by atoms with E-state index in [9.17, 15) is 4.79 Å². The van der Waals surface area contributed by atoms with Crippen LogP contribution < -0.4 is 20.5 Å². The second-order valence-electron chi connectivity index (χ2n) is 10.9. The number of nitrogens with two attached hydrogens (primary N) is 1.